The molecule has 5 nitrogen and oxygen atoms in total. The number of ether oxygens (including phenoxy) is 1. The van der Waals surface area contributed by atoms with Crippen LogP contribution in [-0.4, -0.2) is 39.5 Å². The molecule has 2 N–H and O–H groups in total. The molecule has 7 heteroatoms. The summed E-state index contributed by atoms with van der Waals surface area (Å²) in [4.78, 5) is 0.212. The number of nitrogens with two attached hydrogens (primary N) is 1. The molecule has 1 aliphatic carbocycles. The molecule has 2 unspecified atom stereocenters. The summed E-state index contributed by atoms with van der Waals surface area (Å²) in [7, 11) is -1.83. The van der Waals surface area contributed by atoms with Crippen LogP contribution >= 0.6 is 11.6 Å². The minimum atomic E-state index is -3.54. The van der Waals surface area contributed by atoms with Gasteiger partial charge >= 0.3 is 0 Å². The van der Waals surface area contributed by atoms with Crippen molar-refractivity contribution in [2.45, 2.75) is 49.8 Å². The molecular weight excluding hydrogens is 456 g/mol. The van der Waals surface area contributed by atoms with E-state index in [0.717, 1.165) is 44.3 Å². The van der Waals surface area contributed by atoms with Crippen molar-refractivity contribution in [1.29, 1.82) is 0 Å². The second-order valence-corrected chi connectivity index (χ2v) is 11.8. The van der Waals surface area contributed by atoms with Crippen molar-refractivity contribution in [3.63, 3.8) is 0 Å². The number of methoxy groups -OCH3 is 1. The van der Waals surface area contributed by atoms with Gasteiger partial charge in [-0.15, -0.1) is 0 Å². The van der Waals surface area contributed by atoms with Gasteiger partial charge in [-0.2, -0.15) is 4.31 Å². The first-order valence-corrected chi connectivity index (χ1v) is 13.8. The summed E-state index contributed by atoms with van der Waals surface area (Å²) in [6, 6.07) is 13.2. The number of hydrogen-bond donors (Lipinski definition) is 1. The van der Waals surface area contributed by atoms with Crippen LogP contribution in [0.3, 0.4) is 0 Å². The van der Waals surface area contributed by atoms with Crippen LogP contribution in [0.1, 0.15) is 43.2 Å². The monoisotopic (exact) mass is 490 g/mol. The van der Waals surface area contributed by atoms with Gasteiger partial charge in [0.15, 0.2) is 0 Å². The van der Waals surface area contributed by atoms with Crippen LogP contribution in [0.25, 0.3) is 0 Å². The summed E-state index contributed by atoms with van der Waals surface area (Å²) in [5.41, 5.74) is 8.87. The zero-order valence-electron chi connectivity index (χ0n) is 19.4. The van der Waals surface area contributed by atoms with Crippen molar-refractivity contribution < 1.29 is 13.2 Å². The van der Waals surface area contributed by atoms with E-state index in [1.165, 1.54) is 17.5 Å². The van der Waals surface area contributed by atoms with Crippen LogP contribution in [0.2, 0.25) is 5.02 Å². The van der Waals surface area contributed by atoms with E-state index in [0.29, 0.717) is 37.4 Å². The molecule has 1 heterocycles. The Morgan fingerprint density at radius 3 is 2.58 bits per heavy atom. The maximum atomic E-state index is 13.1. The van der Waals surface area contributed by atoms with Gasteiger partial charge in [0.25, 0.3) is 0 Å². The van der Waals surface area contributed by atoms with Crippen molar-refractivity contribution in [2.24, 2.45) is 23.5 Å². The smallest absolute Gasteiger partial charge is 0.244 e. The Morgan fingerprint density at radius 2 is 1.88 bits per heavy atom. The third-order valence-corrected chi connectivity index (χ3v) is 9.95. The zero-order valence-corrected chi connectivity index (χ0v) is 21.0. The van der Waals surface area contributed by atoms with Gasteiger partial charge in [-0.05, 0) is 105 Å². The van der Waals surface area contributed by atoms with Crippen LogP contribution in [0, 0.1) is 17.8 Å². The molecule has 0 spiro atoms. The highest BCUT2D eigenvalue weighted by Gasteiger charge is 2.33. The molecule has 180 valence electrons. The average Bonchev–Trinajstić information content (AvgIpc) is 2.83. The number of nitrogens with zero attached hydrogens (tertiary/aromatic N) is 1. The number of sulfonamides is 1. The standard InChI is InChI=1S/C26H35ClN2O3S/c1-32-24-9-8-21-17-20(6-7-22(21)18-24)23(10-13-28)16-19-11-14-29(15-12-19)33(30,31)26-5-3-2-4-25(26)27/h2-5,8-9,18-20,23H,6-7,10-17,28H2,1H3. The Kier molecular flexibility index (Phi) is 8.00. The summed E-state index contributed by atoms with van der Waals surface area (Å²) in [6.07, 6.45) is 7.33. The number of hydrogen-bond acceptors (Lipinski definition) is 4. The molecule has 1 aliphatic heterocycles. The van der Waals surface area contributed by atoms with Crippen LogP contribution in [0.15, 0.2) is 47.4 Å². The predicted molar refractivity (Wildman–Crippen MR) is 133 cm³/mol. The lowest BCUT2D eigenvalue weighted by atomic mass is 9.72. The molecule has 2 atom stereocenters. The number of benzene rings is 2. The number of halogens is 1. The molecule has 2 aromatic rings. The third kappa shape index (κ3) is 5.56. The summed E-state index contributed by atoms with van der Waals surface area (Å²) in [5.74, 6) is 2.70. The van der Waals surface area contributed by atoms with Gasteiger partial charge in [0.05, 0.1) is 12.1 Å². The summed E-state index contributed by atoms with van der Waals surface area (Å²) in [5, 5.41) is 0.290. The summed E-state index contributed by atoms with van der Waals surface area (Å²) >= 11 is 6.17. The fraction of sp³-hybridized carbons (Fsp3) is 0.538. The van der Waals surface area contributed by atoms with Gasteiger partial charge < -0.3 is 10.5 Å². The van der Waals surface area contributed by atoms with E-state index in [1.807, 2.05) is 0 Å². The Labute approximate surface area is 203 Å². The quantitative estimate of drug-likeness (QED) is 0.570. The Morgan fingerprint density at radius 1 is 1.12 bits per heavy atom. The first-order chi connectivity index (χ1) is 15.9. The second-order valence-electron chi connectivity index (χ2n) is 9.49. The highest BCUT2D eigenvalue weighted by molar-refractivity contribution is 7.89. The van der Waals surface area contributed by atoms with Crippen molar-refractivity contribution in [2.75, 3.05) is 26.7 Å². The highest BCUT2D eigenvalue weighted by Crippen LogP contribution is 2.38. The van der Waals surface area contributed by atoms with Gasteiger partial charge in [0, 0.05) is 13.1 Å². The highest BCUT2D eigenvalue weighted by atomic mass is 35.5. The molecule has 1 fully saturated rings. The lowest BCUT2D eigenvalue weighted by Gasteiger charge is -2.37. The Hall–Kier alpha value is -1.60. The van der Waals surface area contributed by atoms with Gasteiger partial charge in [0.2, 0.25) is 10.0 Å². The van der Waals surface area contributed by atoms with Gasteiger partial charge in [-0.25, -0.2) is 8.42 Å². The van der Waals surface area contributed by atoms with Crippen molar-refractivity contribution in [3.8, 4) is 5.75 Å². The topological polar surface area (TPSA) is 72.6 Å². The molecule has 4 rings (SSSR count). The van der Waals surface area contributed by atoms with E-state index in [2.05, 4.69) is 18.2 Å². The van der Waals surface area contributed by atoms with Crippen LogP contribution in [-0.2, 0) is 22.9 Å². The fourth-order valence-corrected chi connectivity index (χ4v) is 7.62. The van der Waals surface area contributed by atoms with Crippen LogP contribution < -0.4 is 10.5 Å². The molecule has 0 aromatic heterocycles. The van der Waals surface area contributed by atoms with Crippen molar-refractivity contribution >= 4 is 21.6 Å². The first kappa shape index (κ1) is 24.5. The summed E-state index contributed by atoms with van der Waals surface area (Å²) < 4.78 is 33.1. The average molecular weight is 491 g/mol. The van der Waals surface area contributed by atoms with Crippen molar-refractivity contribution in [3.05, 3.63) is 58.6 Å². The minimum Gasteiger partial charge on any atom is -0.497 e. The molecule has 33 heavy (non-hydrogen) atoms. The molecule has 0 bridgehead atoms. The second kappa shape index (κ2) is 10.8. The Balaban J connectivity index is 1.37. The number of rotatable bonds is 8. The molecule has 0 saturated carbocycles. The van der Waals surface area contributed by atoms with E-state index in [4.69, 9.17) is 22.1 Å². The SMILES string of the molecule is COc1ccc2c(c1)CCC(C(CCN)CC1CCN(S(=O)(=O)c3ccccc3Cl)CC1)C2. The van der Waals surface area contributed by atoms with Crippen LogP contribution in [0.5, 0.6) is 5.75 Å². The molecule has 2 aromatic carbocycles. The Bertz CT molecular complexity index is 1050. The summed E-state index contributed by atoms with van der Waals surface area (Å²) in [6.45, 7) is 1.82. The van der Waals surface area contributed by atoms with E-state index < -0.39 is 10.0 Å². The van der Waals surface area contributed by atoms with E-state index in [-0.39, 0.29) is 9.92 Å². The lowest BCUT2D eigenvalue weighted by Crippen LogP contribution is -2.39. The minimum absolute atomic E-state index is 0.212. The van der Waals surface area contributed by atoms with Crippen LogP contribution in [0.4, 0.5) is 0 Å². The number of aryl methyl sites for hydroxylation is 1. The zero-order chi connectivity index (χ0) is 23.4. The van der Waals surface area contributed by atoms with Gasteiger partial charge in [-0.3, -0.25) is 0 Å². The molecule has 0 radical (unpaired) electrons. The normalized spacial score (nSPS) is 20.9. The molecule has 1 saturated heterocycles. The maximum absolute atomic E-state index is 13.1. The lowest BCUT2D eigenvalue weighted by molar-refractivity contribution is 0.187. The van der Waals surface area contributed by atoms with Crippen molar-refractivity contribution in [1.82, 2.24) is 4.31 Å². The van der Waals surface area contributed by atoms with E-state index in [9.17, 15) is 8.42 Å². The number of piperidine rings is 1. The molecule has 2 aliphatic rings. The van der Waals surface area contributed by atoms with E-state index in [1.54, 1.807) is 35.7 Å². The third-order valence-electron chi connectivity index (χ3n) is 7.55. The molecular formula is C26H35ClN2O3S. The largest absolute Gasteiger partial charge is 0.497 e. The maximum Gasteiger partial charge on any atom is 0.244 e. The van der Waals surface area contributed by atoms with E-state index >= 15 is 0 Å². The molecule has 0 amide bonds. The first-order valence-electron chi connectivity index (χ1n) is 12.0. The predicted octanol–water partition coefficient (Wildman–Crippen LogP) is 4.91. The fourth-order valence-electron chi connectivity index (χ4n) is 5.66. The van der Waals surface area contributed by atoms with Gasteiger partial charge in [0.1, 0.15) is 10.6 Å². The number of fused-ring (bicyclic) bond motifs is 1. The van der Waals surface area contributed by atoms with Gasteiger partial charge in [-0.1, -0.05) is 29.8 Å².